The highest BCUT2D eigenvalue weighted by molar-refractivity contribution is 5.94. The first kappa shape index (κ1) is 13.9. The van der Waals surface area contributed by atoms with Crippen LogP contribution >= 0.6 is 0 Å². The average molecular weight is 281 g/mol. The molecule has 2 aromatic rings. The number of nitrogens with two attached hydrogens (primary N) is 1. The van der Waals surface area contributed by atoms with Gasteiger partial charge in [0.15, 0.2) is 0 Å². The number of rotatable bonds is 4. The highest BCUT2D eigenvalue weighted by atomic mass is 19.1. The van der Waals surface area contributed by atoms with Crippen molar-refractivity contribution in [3.63, 3.8) is 0 Å². The van der Waals surface area contributed by atoms with Gasteiger partial charge >= 0.3 is 0 Å². The number of nitrogens with zero attached hydrogens (tertiary/aromatic N) is 3. The van der Waals surface area contributed by atoms with Crippen molar-refractivity contribution in [1.82, 2.24) is 20.1 Å². The molecule has 1 heterocycles. The molecule has 0 atom stereocenters. The first-order valence-electron chi connectivity index (χ1n) is 5.84. The van der Waals surface area contributed by atoms with Gasteiger partial charge in [-0.2, -0.15) is 0 Å². The fourth-order valence-corrected chi connectivity index (χ4v) is 1.64. The summed E-state index contributed by atoms with van der Waals surface area (Å²) in [6, 6.07) is 1.80. The SMILES string of the molecule is Cn1cnnc1CCNC(=O)c1cc(F)c(N)c(F)c1. The summed E-state index contributed by atoms with van der Waals surface area (Å²) >= 11 is 0. The van der Waals surface area contributed by atoms with Crippen LogP contribution in [-0.4, -0.2) is 27.2 Å². The molecule has 3 N–H and O–H groups in total. The van der Waals surface area contributed by atoms with Crippen LogP contribution in [0.25, 0.3) is 0 Å². The van der Waals surface area contributed by atoms with Crippen LogP contribution in [0.2, 0.25) is 0 Å². The molecule has 106 valence electrons. The summed E-state index contributed by atoms with van der Waals surface area (Å²) in [6.07, 6.45) is 2.00. The van der Waals surface area contributed by atoms with Crippen LogP contribution in [0.5, 0.6) is 0 Å². The molecular weight excluding hydrogens is 268 g/mol. The topological polar surface area (TPSA) is 85.8 Å². The summed E-state index contributed by atoms with van der Waals surface area (Å²) in [5.74, 6) is -1.79. The average Bonchev–Trinajstić information content (AvgIpc) is 2.81. The minimum Gasteiger partial charge on any atom is -0.394 e. The van der Waals surface area contributed by atoms with Gasteiger partial charge in [0.05, 0.1) is 0 Å². The molecule has 0 unspecified atom stereocenters. The summed E-state index contributed by atoms with van der Waals surface area (Å²) in [5, 5.41) is 10.1. The number of hydrogen-bond acceptors (Lipinski definition) is 4. The lowest BCUT2D eigenvalue weighted by atomic mass is 10.1. The van der Waals surface area contributed by atoms with E-state index < -0.39 is 23.2 Å². The molecule has 1 aromatic carbocycles. The standard InChI is InChI=1S/C12H13F2N5O/c1-19-6-17-18-10(19)2-3-16-12(20)7-4-8(13)11(15)9(14)5-7/h4-6H,2-3,15H2,1H3,(H,16,20). The molecule has 0 saturated heterocycles. The van der Waals surface area contributed by atoms with E-state index in [1.165, 1.54) is 0 Å². The lowest BCUT2D eigenvalue weighted by molar-refractivity contribution is 0.0953. The number of carbonyl (C=O) groups excluding carboxylic acids is 1. The van der Waals surface area contributed by atoms with Gasteiger partial charge in [-0.3, -0.25) is 4.79 Å². The van der Waals surface area contributed by atoms with Gasteiger partial charge in [-0.05, 0) is 12.1 Å². The number of aromatic nitrogens is 3. The second kappa shape index (κ2) is 5.64. The number of nitrogen functional groups attached to an aromatic ring is 1. The van der Waals surface area contributed by atoms with Gasteiger partial charge in [0.1, 0.15) is 29.5 Å². The second-order valence-electron chi connectivity index (χ2n) is 4.22. The largest absolute Gasteiger partial charge is 0.394 e. The van der Waals surface area contributed by atoms with Crippen molar-refractivity contribution in [3.8, 4) is 0 Å². The van der Waals surface area contributed by atoms with E-state index in [0.717, 1.165) is 12.1 Å². The maximum atomic E-state index is 13.2. The zero-order valence-electron chi connectivity index (χ0n) is 10.7. The summed E-state index contributed by atoms with van der Waals surface area (Å²) in [4.78, 5) is 11.7. The number of halogens is 2. The zero-order chi connectivity index (χ0) is 14.7. The Kier molecular flexibility index (Phi) is 3.92. The highest BCUT2D eigenvalue weighted by Gasteiger charge is 2.13. The molecule has 0 aliphatic heterocycles. The number of nitrogens with one attached hydrogen (secondary N) is 1. The number of aryl methyl sites for hydroxylation is 1. The van der Waals surface area contributed by atoms with Crippen LogP contribution in [0, 0.1) is 11.6 Å². The normalized spacial score (nSPS) is 10.6. The second-order valence-corrected chi connectivity index (χ2v) is 4.22. The van der Waals surface area contributed by atoms with E-state index >= 15 is 0 Å². The van der Waals surface area contributed by atoms with Gasteiger partial charge < -0.3 is 15.6 Å². The molecule has 1 aromatic heterocycles. The monoisotopic (exact) mass is 281 g/mol. The van der Waals surface area contributed by atoms with E-state index in [1.54, 1.807) is 17.9 Å². The molecule has 8 heteroatoms. The summed E-state index contributed by atoms with van der Waals surface area (Å²) in [5.41, 5.74) is 4.42. The quantitative estimate of drug-likeness (QED) is 0.806. The van der Waals surface area contributed by atoms with Gasteiger partial charge in [0.2, 0.25) is 0 Å². The fourth-order valence-electron chi connectivity index (χ4n) is 1.64. The summed E-state index contributed by atoms with van der Waals surface area (Å²) < 4.78 is 28.2. The summed E-state index contributed by atoms with van der Waals surface area (Å²) in [7, 11) is 1.78. The third-order valence-corrected chi connectivity index (χ3v) is 2.78. The first-order chi connectivity index (χ1) is 9.49. The Balaban J connectivity index is 1.97. The predicted molar refractivity (Wildman–Crippen MR) is 67.8 cm³/mol. The number of anilines is 1. The Bertz CT molecular complexity index is 618. The molecule has 6 nitrogen and oxygen atoms in total. The summed E-state index contributed by atoms with van der Waals surface area (Å²) in [6.45, 7) is 0.277. The maximum Gasteiger partial charge on any atom is 0.251 e. The smallest absolute Gasteiger partial charge is 0.251 e. The molecule has 0 aliphatic carbocycles. The van der Waals surface area contributed by atoms with Crippen LogP contribution in [0.3, 0.4) is 0 Å². The van der Waals surface area contributed by atoms with Gasteiger partial charge in [-0.15, -0.1) is 10.2 Å². The molecule has 0 saturated carbocycles. The van der Waals surface area contributed by atoms with E-state index in [-0.39, 0.29) is 12.1 Å². The zero-order valence-corrected chi connectivity index (χ0v) is 10.7. The van der Waals surface area contributed by atoms with Crippen molar-refractivity contribution in [2.24, 2.45) is 7.05 Å². The van der Waals surface area contributed by atoms with Crippen LogP contribution in [0.1, 0.15) is 16.2 Å². The Morgan fingerprint density at radius 1 is 1.40 bits per heavy atom. The molecule has 0 spiro atoms. The van der Waals surface area contributed by atoms with Gasteiger partial charge in [0.25, 0.3) is 5.91 Å². The molecule has 0 fully saturated rings. The minimum atomic E-state index is -0.955. The number of carbonyl (C=O) groups is 1. The Labute approximate surface area is 113 Å². The van der Waals surface area contributed by atoms with Crippen molar-refractivity contribution in [3.05, 3.63) is 41.5 Å². The predicted octanol–water partition coefficient (Wildman–Crippen LogP) is 0.648. The number of amides is 1. The minimum absolute atomic E-state index is 0.118. The number of hydrogen-bond donors (Lipinski definition) is 2. The molecule has 20 heavy (non-hydrogen) atoms. The van der Waals surface area contributed by atoms with E-state index in [9.17, 15) is 13.6 Å². The Morgan fingerprint density at radius 3 is 2.60 bits per heavy atom. The van der Waals surface area contributed by atoms with Crippen LogP contribution in [-0.2, 0) is 13.5 Å². The van der Waals surface area contributed by atoms with Crippen LogP contribution in [0.15, 0.2) is 18.5 Å². The van der Waals surface area contributed by atoms with Gasteiger partial charge in [-0.25, -0.2) is 8.78 Å². The third-order valence-electron chi connectivity index (χ3n) is 2.78. The molecule has 2 rings (SSSR count). The Hall–Kier alpha value is -2.51. The van der Waals surface area contributed by atoms with Crippen molar-refractivity contribution >= 4 is 11.6 Å². The van der Waals surface area contributed by atoms with E-state index in [2.05, 4.69) is 15.5 Å². The highest BCUT2D eigenvalue weighted by Crippen LogP contribution is 2.17. The van der Waals surface area contributed by atoms with Crippen molar-refractivity contribution in [1.29, 1.82) is 0 Å². The van der Waals surface area contributed by atoms with Gasteiger partial charge in [-0.1, -0.05) is 0 Å². The van der Waals surface area contributed by atoms with E-state index in [1.807, 2.05) is 0 Å². The van der Waals surface area contributed by atoms with E-state index in [4.69, 9.17) is 5.73 Å². The molecular formula is C12H13F2N5O. The molecule has 1 amide bonds. The maximum absolute atomic E-state index is 13.2. The van der Waals surface area contributed by atoms with E-state index in [0.29, 0.717) is 12.2 Å². The third kappa shape index (κ3) is 2.90. The molecule has 0 radical (unpaired) electrons. The fraction of sp³-hybridized carbons (Fsp3) is 0.250. The van der Waals surface area contributed by atoms with Crippen LogP contribution in [0.4, 0.5) is 14.5 Å². The molecule has 0 aliphatic rings. The van der Waals surface area contributed by atoms with Gasteiger partial charge in [0, 0.05) is 25.6 Å². The van der Waals surface area contributed by atoms with Crippen molar-refractivity contribution in [2.75, 3.05) is 12.3 Å². The lowest BCUT2D eigenvalue weighted by Crippen LogP contribution is -2.26. The first-order valence-corrected chi connectivity index (χ1v) is 5.84. The number of benzene rings is 1. The van der Waals surface area contributed by atoms with Crippen LogP contribution < -0.4 is 11.1 Å². The van der Waals surface area contributed by atoms with Crippen molar-refractivity contribution in [2.45, 2.75) is 6.42 Å². The Morgan fingerprint density at radius 2 is 2.05 bits per heavy atom. The van der Waals surface area contributed by atoms with Crippen molar-refractivity contribution < 1.29 is 13.6 Å². The lowest BCUT2D eigenvalue weighted by Gasteiger charge is -2.06. The molecule has 0 bridgehead atoms.